The number of hydrogen-bond donors (Lipinski definition) is 1. The van der Waals surface area contributed by atoms with Crippen LogP contribution in [-0.4, -0.2) is 32.6 Å². The summed E-state index contributed by atoms with van der Waals surface area (Å²) in [6.07, 6.45) is -5.76. The van der Waals surface area contributed by atoms with Crippen molar-refractivity contribution < 1.29 is 23.1 Å². The molecule has 5 nitrogen and oxygen atoms in total. The maximum absolute atomic E-state index is 13.2. The van der Waals surface area contributed by atoms with Crippen molar-refractivity contribution in [2.75, 3.05) is 6.54 Å². The van der Waals surface area contributed by atoms with Gasteiger partial charge in [0.1, 0.15) is 5.82 Å². The molecule has 1 aromatic rings. The first-order chi connectivity index (χ1) is 9.50. The third-order valence-electron chi connectivity index (χ3n) is 3.27. The zero-order valence-electron chi connectivity index (χ0n) is 12.0. The standard InChI is InChI=1S/C13H16F3N3O2/c1-12(2,3)10-17-8-6-19(11(20)21)5-4-7(8)9(18-10)13(14,15)16/h4-6H2,1-3H3,(H,20,21). The van der Waals surface area contributed by atoms with Crippen molar-refractivity contribution in [2.24, 2.45) is 0 Å². The molecule has 21 heavy (non-hydrogen) atoms. The van der Waals surface area contributed by atoms with Crippen molar-refractivity contribution in [1.29, 1.82) is 0 Å². The average molecular weight is 303 g/mol. The van der Waals surface area contributed by atoms with Gasteiger partial charge in [0.25, 0.3) is 0 Å². The van der Waals surface area contributed by atoms with Crippen LogP contribution in [0.25, 0.3) is 0 Å². The normalized spacial score (nSPS) is 15.8. The predicted octanol–water partition coefficient (Wildman–Crippen LogP) is 2.83. The zero-order chi connectivity index (χ0) is 16.0. The van der Waals surface area contributed by atoms with Crippen LogP contribution in [0.5, 0.6) is 0 Å². The van der Waals surface area contributed by atoms with Gasteiger partial charge in [-0.25, -0.2) is 14.8 Å². The first-order valence-corrected chi connectivity index (χ1v) is 6.45. The van der Waals surface area contributed by atoms with E-state index in [1.807, 2.05) is 0 Å². The summed E-state index contributed by atoms with van der Waals surface area (Å²) in [7, 11) is 0. The minimum Gasteiger partial charge on any atom is -0.465 e. The molecule has 0 saturated heterocycles. The predicted molar refractivity (Wildman–Crippen MR) is 67.9 cm³/mol. The van der Waals surface area contributed by atoms with Crippen molar-refractivity contribution in [3.63, 3.8) is 0 Å². The minimum atomic E-state index is -4.57. The van der Waals surface area contributed by atoms with Gasteiger partial charge in [0.15, 0.2) is 5.69 Å². The van der Waals surface area contributed by atoms with Gasteiger partial charge in [-0.2, -0.15) is 13.2 Å². The average Bonchev–Trinajstić information content (AvgIpc) is 2.34. The van der Waals surface area contributed by atoms with E-state index in [4.69, 9.17) is 5.11 Å². The van der Waals surface area contributed by atoms with Gasteiger partial charge >= 0.3 is 12.3 Å². The highest BCUT2D eigenvalue weighted by atomic mass is 19.4. The van der Waals surface area contributed by atoms with Crippen LogP contribution in [0.15, 0.2) is 0 Å². The number of fused-ring (bicyclic) bond motifs is 1. The lowest BCUT2D eigenvalue weighted by atomic mass is 9.94. The lowest BCUT2D eigenvalue weighted by Crippen LogP contribution is -2.37. The van der Waals surface area contributed by atoms with E-state index in [2.05, 4.69) is 9.97 Å². The Hall–Kier alpha value is -1.86. The summed E-state index contributed by atoms with van der Waals surface area (Å²) in [6, 6.07) is 0. The van der Waals surface area contributed by atoms with Crippen LogP contribution in [-0.2, 0) is 24.6 Å². The molecule has 8 heteroatoms. The lowest BCUT2D eigenvalue weighted by Gasteiger charge is -2.29. The maximum Gasteiger partial charge on any atom is 0.433 e. The van der Waals surface area contributed by atoms with E-state index in [0.717, 1.165) is 4.90 Å². The second-order valence-electron chi connectivity index (χ2n) is 6.02. The van der Waals surface area contributed by atoms with Crippen molar-refractivity contribution in [2.45, 2.75) is 45.3 Å². The van der Waals surface area contributed by atoms with Crippen LogP contribution in [0.3, 0.4) is 0 Å². The fraction of sp³-hybridized carbons (Fsp3) is 0.615. The first kappa shape index (κ1) is 15.5. The zero-order valence-corrected chi connectivity index (χ0v) is 12.0. The van der Waals surface area contributed by atoms with Crippen LogP contribution < -0.4 is 0 Å². The number of carbonyl (C=O) groups is 1. The summed E-state index contributed by atoms with van der Waals surface area (Å²) in [6.45, 7) is 5.02. The largest absolute Gasteiger partial charge is 0.465 e. The smallest absolute Gasteiger partial charge is 0.433 e. The molecule has 0 unspecified atom stereocenters. The van der Waals surface area contributed by atoms with Crippen LogP contribution >= 0.6 is 0 Å². The quantitative estimate of drug-likeness (QED) is 0.800. The Morgan fingerprint density at radius 3 is 2.33 bits per heavy atom. The number of hydrogen-bond acceptors (Lipinski definition) is 3. The topological polar surface area (TPSA) is 66.3 Å². The molecule has 1 aliphatic heterocycles. The van der Waals surface area contributed by atoms with Crippen LogP contribution in [0, 0.1) is 0 Å². The van der Waals surface area contributed by atoms with E-state index in [1.54, 1.807) is 20.8 Å². The summed E-state index contributed by atoms with van der Waals surface area (Å²) in [4.78, 5) is 19.9. The van der Waals surface area contributed by atoms with E-state index in [-0.39, 0.29) is 36.6 Å². The molecule has 1 N–H and O–H groups in total. The van der Waals surface area contributed by atoms with Gasteiger partial charge in [-0.05, 0) is 6.42 Å². The van der Waals surface area contributed by atoms with Gasteiger partial charge in [0.2, 0.25) is 0 Å². The Kier molecular flexibility index (Phi) is 3.59. The van der Waals surface area contributed by atoms with Crippen molar-refractivity contribution >= 4 is 6.09 Å². The van der Waals surface area contributed by atoms with E-state index < -0.39 is 23.4 Å². The molecule has 0 radical (unpaired) electrons. The van der Waals surface area contributed by atoms with Crippen molar-refractivity contribution in [3.8, 4) is 0 Å². The number of amides is 1. The highest BCUT2D eigenvalue weighted by Crippen LogP contribution is 2.35. The van der Waals surface area contributed by atoms with Gasteiger partial charge in [0.05, 0.1) is 12.2 Å². The van der Waals surface area contributed by atoms with Gasteiger partial charge in [-0.1, -0.05) is 20.8 Å². The number of carboxylic acid groups (broad SMARTS) is 1. The Bertz CT molecular complexity index is 579. The number of aromatic nitrogens is 2. The molecule has 0 bridgehead atoms. The summed E-state index contributed by atoms with van der Waals surface area (Å²) in [5, 5.41) is 8.98. The van der Waals surface area contributed by atoms with Crippen molar-refractivity contribution in [3.05, 3.63) is 22.8 Å². The Balaban J connectivity index is 2.59. The van der Waals surface area contributed by atoms with Crippen LogP contribution in [0.4, 0.5) is 18.0 Å². The number of halogens is 3. The molecular weight excluding hydrogens is 287 g/mol. The number of nitrogens with zero attached hydrogens (tertiary/aromatic N) is 3. The second kappa shape index (κ2) is 4.85. The van der Waals surface area contributed by atoms with Gasteiger partial charge < -0.3 is 10.0 Å². The van der Waals surface area contributed by atoms with E-state index >= 15 is 0 Å². The fourth-order valence-corrected chi connectivity index (χ4v) is 2.16. The lowest BCUT2D eigenvalue weighted by molar-refractivity contribution is -0.142. The minimum absolute atomic E-state index is 0.00741. The first-order valence-electron chi connectivity index (χ1n) is 6.45. The molecule has 2 heterocycles. The highest BCUT2D eigenvalue weighted by molar-refractivity contribution is 5.65. The molecule has 116 valence electrons. The third-order valence-corrected chi connectivity index (χ3v) is 3.27. The molecule has 0 aromatic carbocycles. The highest BCUT2D eigenvalue weighted by Gasteiger charge is 2.40. The molecular formula is C13H16F3N3O2. The van der Waals surface area contributed by atoms with E-state index in [0.29, 0.717) is 0 Å². The summed E-state index contributed by atoms with van der Waals surface area (Å²) < 4.78 is 39.5. The van der Waals surface area contributed by atoms with Crippen molar-refractivity contribution in [1.82, 2.24) is 14.9 Å². The molecule has 1 aliphatic rings. The van der Waals surface area contributed by atoms with Gasteiger partial charge in [-0.3, -0.25) is 0 Å². The molecule has 0 aliphatic carbocycles. The van der Waals surface area contributed by atoms with E-state index in [1.165, 1.54) is 0 Å². The Morgan fingerprint density at radius 2 is 1.86 bits per heavy atom. The molecule has 0 atom stereocenters. The van der Waals surface area contributed by atoms with Crippen LogP contribution in [0.2, 0.25) is 0 Å². The summed E-state index contributed by atoms with van der Waals surface area (Å²) in [5.41, 5.74) is -1.44. The molecule has 1 amide bonds. The monoisotopic (exact) mass is 303 g/mol. The SMILES string of the molecule is CC(C)(C)c1nc2c(c(C(F)(F)F)n1)CCN(C(=O)O)C2. The van der Waals surface area contributed by atoms with E-state index in [9.17, 15) is 18.0 Å². The Morgan fingerprint density at radius 1 is 1.24 bits per heavy atom. The maximum atomic E-state index is 13.2. The molecule has 1 aromatic heterocycles. The number of alkyl halides is 3. The molecule has 2 rings (SSSR count). The molecule has 0 saturated carbocycles. The fourth-order valence-electron chi connectivity index (χ4n) is 2.16. The van der Waals surface area contributed by atoms with Crippen LogP contribution in [0.1, 0.15) is 43.5 Å². The third kappa shape index (κ3) is 3.08. The number of rotatable bonds is 0. The summed E-state index contributed by atoms with van der Waals surface area (Å²) >= 11 is 0. The Labute approximate surface area is 119 Å². The summed E-state index contributed by atoms with van der Waals surface area (Å²) in [5.74, 6) is 0.0702. The van der Waals surface area contributed by atoms with Gasteiger partial charge in [-0.15, -0.1) is 0 Å². The van der Waals surface area contributed by atoms with Gasteiger partial charge in [0, 0.05) is 17.5 Å². The molecule has 0 fully saturated rings. The molecule has 0 spiro atoms. The second-order valence-corrected chi connectivity index (χ2v) is 6.02.